The number of allylic oxidation sites excluding steroid dienone is 1. The van der Waals surface area contributed by atoms with Crippen molar-refractivity contribution in [2.24, 2.45) is 0 Å². The number of hydrogen-bond donors (Lipinski definition) is 0. The number of hydrogen-bond acceptors (Lipinski definition) is 1. The average molecular weight is 238 g/mol. The van der Waals surface area contributed by atoms with Gasteiger partial charge in [-0.1, -0.05) is 54.1 Å². The monoisotopic (exact) mass is 238 g/mol. The van der Waals surface area contributed by atoms with Crippen molar-refractivity contribution in [2.45, 2.75) is 13.3 Å². The smallest absolute Gasteiger partial charge is 0.118 e. The molecule has 0 unspecified atom stereocenters. The molecule has 0 N–H and O–H groups in total. The van der Waals surface area contributed by atoms with Crippen molar-refractivity contribution in [2.75, 3.05) is 7.11 Å². The Labute approximate surface area is 109 Å². The standard InChI is InChI=1S/C17H18O/c1-14-5-3-7-16(13-14)8-4-6-15-9-11-17(18-2)12-10-15/h3-7,9-13H,8H2,1-2H3/b6-4+. The Bertz CT molecular complexity index is 524. The van der Waals surface area contributed by atoms with Crippen molar-refractivity contribution in [1.29, 1.82) is 0 Å². The van der Waals surface area contributed by atoms with E-state index in [1.807, 2.05) is 12.1 Å². The topological polar surface area (TPSA) is 9.23 Å². The maximum absolute atomic E-state index is 5.13. The third-order valence-electron chi connectivity index (χ3n) is 2.86. The van der Waals surface area contributed by atoms with Crippen LogP contribution in [0.25, 0.3) is 6.08 Å². The first-order valence-electron chi connectivity index (χ1n) is 6.14. The van der Waals surface area contributed by atoms with Gasteiger partial charge >= 0.3 is 0 Å². The minimum absolute atomic E-state index is 0.894. The Morgan fingerprint density at radius 3 is 2.50 bits per heavy atom. The Hall–Kier alpha value is -2.02. The highest BCUT2D eigenvalue weighted by Crippen LogP contribution is 2.13. The van der Waals surface area contributed by atoms with Crippen molar-refractivity contribution in [3.05, 3.63) is 71.3 Å². The molecule has 0 atom stereocenters. The van der Waals surface area contributed by atoms with E-state index in [4.69, 9.17) is 4.74 Å². The molecule has 0 aliphatic carbocycles. The first kappa shape index (κ1) is 12.4. The van der Waals surface area contributed by atoms with Gasteiger partial charge < -0.3 is 4.74 Å². The van der Waals surface area contributed by atoms with Gasteiger partial charge in [0, 0.05) is 0 Å². The molecule has 0 saturated carbocycles. The quantitative estimate of drug-likeness (QED) is 0.773. The predicted octanol–water partition coefficient (Wildman–Crippen LogP) is 4.26. The first-order valence-corrected chi connectivity index (χ1v) is 6.14. The fourth-order valence-corrected chi connectivity index (χ4v) is 1.89. The van der Waals surface area contributed by atoms with Gasteiger partial charge in [-0.05, 0) is 36.6 Å². The summed E-state index contributed by atoms with van der Waals surface area (Å²) in [5, 5.41) is 0. The molecule has 0 radical (unpaired) electrons. The van der Waals surface area contributed by atoms with Gasteiger partial charge in [-0.3, -0.25) is 0 Å². The first-order chi connectivity index (χ1) is 8.78. The van der Waals surface area contributed by atoms with E-state index in [0.717, 1.165) is 12.2 Å². The SMILES string of the molecule is COc1ccc(/C=C/Cc2cccc(C)c2)cc1. The zero-order valence-corrected chi connectivity index (χ0v) is 10.9. The molecular formula is C17H18O. The number of methoxy groups -OCH3 is 1. The molecule has 2 aromatic rings. The summed E-state index contributed by atoms with van der Waals surface area (Å²) in [4.78, 5) is 0. The van der Waals surface area contributed by atoms with E-state index in [9.17, 15) is 0 Å². The molecule has 0 aliphatic rings. The molecule has 0 bridgehead atoms. The molecule has 0 heterocycles. The highest BCUT2D eigenvalue weighted by molar-refractivity contribution is 5.51. The summed E-state index contributed by atoms with van der Waals surface area (Å²) in [6.45, 7) is 2.12. The van der Waals surface area contributed by atoms with Crippen LogP contribution in [0.3, 0.4) is 0 Å². The Balaban J connectivity index is 1.98. The highest BCUT2D eigenvalue weighted by Gasteiger charge is 1.92. The third-order valence-corrected chi connectivity index (χ3v) is 2.86. The molecule has 0 amide bonds. The van der Waals surface area contributed by atoms with Crippen molar-refractivity contribution in [3.63, 3.8) is 0 Å². The van der Waals surface area contributed by atoms with Gasteiger partial charge in [-0.2, -0.15) is 0 Å². The number of rotatable bonds is 4. The van der Waals surface area contributed by atoms with Crippen LogP contribution >= 0.6 is 0 Å². The van der Waals surface area contributed by atoms with Crippen LogP contribution in [0.5, 0.6) is 5.75 Å². The molecule has 0 spiro atoms. The Morgan fingerprint density at radius 2 is 1.83 bits per heavy atom. The van der Waals surface area contributed by atoms with E-state index in [0.29, 0.717) is 0 Å². The van der Waals surface area contributed by atoms with Crippen molar-refractivity contribution >= 4 is 6.08 Å². The number of ether oxygens (including phenoxy) is 1. The molecule has 92 valence electrons. The minimum Gasteiger partial charge on any atom is -0.497 e. The number of benzene rings is 2. The molecule has 0 fully saturated rings. The second-order valence-corrected chi connectivity index (χ2v) is 4.37. The Kier molecular flexibility index (Phi) is 4.19. The third kappa shape index (κ3) is 3.49. The molecule has 0 aromatic heterocycles. The zero-order valence-electron chi connectivity index (χ0n) is 10.9. The molecule has 1 nitrogen and oxygen atoms in total. The van der Waals surface area contributed by atoms with Gasteiger partial charge in [0.15, 0.2) is 0 Å². The van der Waals surface area contributed by atoms with Crippen LogP contribution in [0.2, 0.25) is 0 Å². The molecule has 1 heteroatoms. The maximum atomic E-state index is 5.13. The second-order valence-electron chi connectivity index (χ2n) is 4.37. The van der Waals surface area contributed by atoms with E-state index < -0.39 is 0 Å². The lowest BCUT2D eigenvalue weighted by Crippen LogP contribution is -1.83. The fraction of sp³-hybridized carbons (Fsp3) is 0.176. The van der Waals surface area contributed by atoms with E-state index in [1.165, 1.54) is 16.7 Å². The predicted molar refractivity (Wildman–Crippen MR) is 76.9 cm³/mol. The molecule has 2 rings (SSSR count). The van der Waals surface area contributed by atoms with E-state index in [-0.39, 0.29) is 0 Å². The van der Waals surface area contributed by atoms with Crippen LogP contribution in [-0.4, -0.2) is 7.11 Å². The summed E-state index contributed by atoms with van der Waals surface area (Å²) in [5.41, 5.74) is 3.86. The molecule has 0 saturated heterocycles. The summed E-state index contributed by atoms with van der Waals surface area (Å²) >= 11 is 0. The van der Waals surface area contributed by atoms with E-state index in [1.54, 1.807) is 7.11 Å². The van der Waals surface area contributed by atoms with E-state index >= 15 is 0 Å². The van der Waals surface area contributed by atoms with Crippen LogP contribution in [-0.2, 0) is 6.42 Å². The zero-order chi connectivity index (χ0) is 12.8. The summed E-state index contributed by atoms with van der Waals surface area (Å²) < 4.78 is 5.13. The van der Waals surface area contributed by atoms with Crippen molar-refractivity contribution in [1.82, 2.24) is 0 Å². The van der Waals surface area contributed by atoms with Crippen molar-refractivity contribution < 1.29 is 4.74 Å². The Morgan fingerprint density at radius 1 is 1.06 bits per heavy atom. The summed E-state index contributed by atoms with van der Waals surface area (Å²) in [5.74, 6) is 0.894. The minimum atomic E-state index is 0.894. The van der Waals surface area contributed by atoms with Crippen molar-refractivity contribution in [3.8, 4) is 5.75 Å². The molecule has 0 aliphatic heterocycles. The van der Waals surface area contributed by atoms with Crippen LogP contribution in [0.1, 0.15) is 16.7 Å². The average Bonchev–Trinajstić information content (AvgIpc) is 2.40. The molecular weight excluding hydrogens is 220 g/mol. The largest absolute Gasteiger partial charge is 0.497 e. The van der Waals surface area contributed by atoms with Crippen LogP contribution in [0.15, 0.2) is 54.6 Å². The maximum Gasteiger partial charge on any atom is 0.118 e. The van der Waals surface area contributed by atoms with Crippen LogP contribution in [0, 0.1) is 6.92 Å². The van der Waals surface area contributed by atoms with Gasteiger partial charge in [-0.25, -0.2) is 0 Å². The fourth-order valence-electron chi connectivity index (χ4n) is 1.89. The second kappa shape index (κ2) is 6.06. The summed E-state index contributed by atoms with van der Waals surface area (Å²) in [6, 6.07) is 16.7. The van der Waals surface area contributed by atoms with Gasteiger partial charge in [0.1, 0.15) is 5.75 Å². The lowest BCUT2D eigenvalue weighted by atomic mass is 10.1. The lowest BCUT2D eigenvalue weighted by Gasteiger charge is -2.00. The molecule has 2 aromatic carbocycles. The highest BCUT2D eigenvalue weighted by atomic mass is 16.5. The van der Waals surface area contributed by atoms with Gasteiger partial charge in [0.05, 0.1) is 7.11 Å². The lowest BCUT2D eigenvalue weighted by molar-refractivity contribution is 0.415. The van der Waals surface area contributed by atoms with Crippen LogP contribution < -0.4 is 4.74 Å². The van der Waals surface area contributed by atoms with Gasteiger partial charge in [-0.15, -0.1) is 0 Å². The van der Waals surface area contributed by atoms with Gasteiger partial charge in [0.2, 0.25) is 0 Å². The normalized spacial score (nSPS) is 10.8. The van der Waals surface area contributed by atoms with Crippen LogP contribution in [0.4, 0.5) is 0 Å². The molecule has 18 heavy (non-hydrogen) atoms. The van der Waals surface area contributed by atoms with E-state index in [2.05, 4.69) is 55.5 Å². The summed E-state index contributed by atoms with van der Waals surface area (Å²) in [7, 11) is 1.68. The number of aryl methyl sites for hydroxylation is 1. The summed E-state index contributed by atoms with van der Waals surface area (Å²) in [6.07, 6.45) is 5.30. The van der Waals surface area contributed by atoms with Gasteiger partial charge in [0.25, 0.3) is 0 Å².